The van der Waals surface area contributed by atoms with Crippen LogP contribution in [0, 0.1) is 17.8 Å². The molecular formula is C20H28N2O2. The summed E-state index contributed by atoms with van der Waals surface area (Å²) in [5.74, 6) is 0.789. The third-order valence-electron chi connectivity index (χ3n) is 5.29. The van der Waals surface area contributed by atoms with Crippen LogP contribution in [0.25, 0.3) is 0 Å². The summed E-state index contributed by atoms with van der Waals surface area (Å²) in [4.78, 5) is 26.5. The monoisotopic (exact) mass is 328 g/mol. The molecule has 1 aliphatic heterocycles. The maximum absolute atomic E-state index is 12.6. The normalized spacial score (nSPS) is 23.8. The van der Waals surface area contributed by atoms with E-state index in [4.69, 9.17) is 0 Å². The fraction of sp³-hybridized carbons (Fsp3) is 0.600. The Balaban J connectivity index is 1.42. The largest absolute Gasteiger partial charge is 0.356 e. The van der Waals surface area contributed by atoms with Gasteiger partial charge in [-0.1, -0.05) is 37.3 Å². The van der Waals surface area contributed by atoms with Crippen LogP contribution in [0.2, 0.25) is 0 Å². The lowest BCUT2D eigenvalue weighted by atomic mass is 9.90. The summed E-state index contributed by atoms with van der Waals surface area (Å²) in [7, 11) is 0. The number of amides is 2. The van der Waals surface area contributed by atoms with Crippen LogP contribution in [0.15, 0.2) is 30.3 Å². The third kappa shape index (κ3) is 4.16. The van der Waals surface area contributed by atoms with Crippen LogP contribution in [0.3, 0.4) is 0 Å². The molecule has 1 heterocycles. The maximum Gasteiger partial charge on any atom is 0.226 e. The minimum Gasteiger partial charge on any atom is -0.356 e. The first-order chi connectivity index (χ1) is 11.7. The molecular weight excluding hydrogens is 300 g/mol. The molecule has 0 bridgehead atoms. The number of benzene rings is 1. The molecule has 1 aromatic carbocycles. The molecule has 2 aliphatic rings. The number of carbonyl (C=O) groups excluding carboxylic acids is 2. The summed E-state index contributed by atoms with van der Waals surface area (Å²) in [6, 6.07) is 10.6. The number of hydrogen-bond donors (Lipinski definition) is 1. The highest BCUT2D eigenvalue weighted by Crippen LogP contribution is 2.40. The Hall–Kier alpha value is -1.84. The topological polar surface area (TPSA) is 49.4 Å². The highest BCUT2D eigenvalue weighted by molar-refractivity contribution is 5.92. The van der Waals surface area contributed by atoms with E-state index in [1.165, 1.54) is 5.56 Å². The number of rotatable bonds is 6. The Morgan fingerprint density at radius 1 is 1.12 bits per heavy atom. The zero-order valence-electron chi connectivity index (χ0n) is 14.5. The second kappa shape index (κ2) is 7.82. The van der Waals surface area contributed by atoms with Crippen molar-refractivity contribution in [2.24, 2.45) is 17.8 Å². The molecule has 130 valence electrons. The van der Waals surface area contributed by atoms with E-state index in [2.05, 4.69) is 29.6 Å². The molecule has 4 heteroatoms. The molecule has 1 aromatic rings. The van der Waals surface area contributed by atoms with Gasteiger partial charge in [0.1, 0.15) is 0 Å². The molecule has 1 N–H and O–H groups in total. The summed E-state index contributed by atoms with van der Waals surface area (Å²) in [5, 5.41) is 2.91. The SMILES string of the molecule is CCCNC(=O)C1CC1C(=O)N1CCC(Cc2ccccc2)CC1. The second-order valence-corrected chi connectivity index (χ2v) is 7.20. The minimum atomic E-state index is -0.0777. The Morgan fingerprint density at radius 3 is 2.50 bits per heavy atom. The van der Waals surface area contributed by atoms with Gasteiger partial charge in [0.25, 0.3) is 0 Å². The van der Waals surface area contributed by atoms with Crippen molar-refractivity contribution in [3.8, 4) is 0 Å². The van der Waals surface area contributed by atoms with E-state index in [-0.39, 0.29) is 23.7 Å². The average Bonchev–Trinajstić information content (AvgIpc) is 3.41. The van der Waals surface area contributed by atoms with E-state index in [0.717, 1.165) is 45.2 Å². The van der Waals surface area contributed by atoms with E-state index in [0.29, 0.717) is 12.5 Å². The Bertz CT molecular complexity index is 564. The third-order valence-corrected chi connectivity index (χ3v) is 5.29. The van der Waals surface area contributed by atoms with Crippen LogP contribution in [0.5, 0.6) is 0 Å². The van der Waals surface area contributed by atoms with Crippen LogP contribution < -0.4 is 5.32 Å². The molecule has 1 aliphatic carbocycles. The van der Waals surface area contributed by atoms with Crippen molar-refractivity contribution >= 4 is 11.8 Å². The van der Waals surface area contributed by atoms with E-state index in [9.17, 15) is 9.59 Å². The second-order valence-electron chi connectivity index (χ2n) is 7.20. The van der Waals surface area contributed by atoms with Crippen molar-refractivity contribution < 1.29 is 9.59 Å². The molecule has 3 rings (SSSR count). The van der Waals surface area contributed by atoms with Gasteiger partial charge in [0.2, 0.25) is 11.8 Å². The number of nitrogens with zero attached hydrogens (tertiary/aromatic N) is 1. The van der Waals surface area contributed by atoms with E-state index < -0.39 is 0 Å². The zero-order chi connectivity index (χ0) is 16.9. The van der Waals surface area contributed by atoms with Gasteiger partial charge >= 0.3 is 0 Å². The van der Waals surface area contributed by atoms with Gasteiger partial charge < -0.3 is 10.2 Å². The Kier molecular flexibility index (Phi) is 5.54. The molecule has 0 radical (unpaired) electrons. The highest BCUT2D eigenvalue weighted by atomic mass is 16.2. The lowest BCUT2D eigenvalue weighted by Gasteiger charge is -2.32. The van der Waals surface area contributed by atoms with Crippen molar-refractivity contribution in [1.82, 2.24) is 10.2 Å². The molecule has 2 atom stereocenters. The van der Waals surface area contributed by atoms with E-state index in [1.807, 2.05) is 17.9 Å². The van der Waals surface area contributed by atoms with E-state index >= 15 is 0 Å². The number of hydrogen-bond acceptors (Lipinski definition) is 2. The summed E-state index contributed by atoms with van der Waals surface area (Å²) in [6.45, 7) is 4.43. The summed E-state index contributed by atoms with van der Waals surface area (Å²) in [5.41, 5.74) is 1.39. The Morgan fingerprint density at radius 2 is 1.83 bits per heavy atom. The number of nitrogens with one attached hydrogen (secondary N) is 1. The van der Waals surface area contributed by atoms with Gasteiger partial charge in [-0.05, 0) is 43.6 Å². The number of likely N-dealkylation sites (tertiary alicyclic amines) is 1. The van der Waals surface area contributed by atoms with Gasteiger partial charge in [0.05, 0.1) is 11.8 Å². The predicted octanol–water partition coefficient (Wildman–Crippen LogP) is 2.63. The van der Waals surface area contributed by atoms with Gasteiger partial charge in [-0.2, -0.15) is 0 Å². The van der Waals surface area contributed by atoms with Crippen LogP contribution in [0.1, 0.15) is 38.2 Å². The molecule has 1 saturated carbocycles. The fourth-order valence-electron chi connectivity index (χ4n) is 3.68. The lowest BCUT2D eigenvalue weighted by molar-refractivity contribution is -0.136. The van der Waals surface area contributed by atoms with Crippen LogP contribution >= 0.6 is 0 Å². The molecule has 0 spiro atoms. The van der Waals surface area contributed by atoms with Gasteiger partial charge in [0, 0.05) is 19.6 Å². The van der Waals surface area contributed by atoms with Crippen LogP contribution in [-0.2, 0) is 16.0 Å². The van der Waals surface area contributed by atoms with Crippen LogP contribution in [0.4, 0.5) is 0 Å². The molecule has 2 fully saturated rings. The molecule has 24 heavy (non-hydrogen) atoms. The average molecular weight is 328 g/mol. The molecule has 1 saturated heterocycles. The first kappa shape index (κ1) is 17.0. The fourth-order valence-corrected chi connectivity index (χ4v) is 3.68. The van der Waals surface area contributed by atoms with Gasteiger partial charge in [0.15, 0.2) is 0 Å². The van der Waals surface area contributed by atoms with Gasteiger partial charge in [-0.25, -0.2) is 0 Å². The standard InChI is InChI=1S/C20H28N2O2/c1-2-10-21-19(23)17-14-18(17)20(24)22-11-8-16(9-12-22)13-15-6-4-3-5-7-15/h3-7,16-18H,2,8-14H2,1H3,(H,21,23). The quantitative estimate of drug-likeness (QED) is 0.873. The van der Waals surface area contributed by atoms with Crippen molar-refractivity contribution in [2.45, 2.75) is 39.0 Å². The molecule has 2 amide bonds. The summed E-state index contributed by atoms with van der Waals surface area (Å²) in [6.07, 6.45) is 4.92. The molecule has 2 unspecified atom stereocenters. The number of carbonyl (C=O) groups is 2. The maximum atomic E-state index is 12.6. The van der Waals surface area contributed by atoms with Crippen LogP contribution in [-0.4, -0.2) is 36.3 Å². The van der Waals surface area contributed by atoms with E-state index in [1.54, 1.807) is 0 Å². The zero-order valence-corrected chi connectivity index (χ0v) is 14.5. The van der Waals surface area contributed by atoms with Crippen molar-refractivity contribution in [1.29, 1.82) is 0 Å². The summed E-state index contributed by atoms with van der Waals surface area (Å²) >= 11 is 0. The smallest absolute Gasteiger partial charge is 0.226 e. The van der Waals surface area contributed by atoms with Crippen molar-refractivity contribution in [2.75, 3.05) is 19.6 Å². The Labute approximate surface area is 144 Å². The first-order valence-corrected chi connectivity index (χ1v) is 9.29. The summed E-state index contributed by atoms with van der Waals surface area (Å²) < 4.78 is 0. The minimum absolute atomic E-state index is 0.0625. The van der Waals surface area contributed by atoms with Gasteiger partial charge in [-0.15, -0.1) is 0 Å². The van der Waals surface area contributed by atoms with Crippen molar-refractivity contribution in [3.05, 3.63) is 35.9 Å². The predicted molar refractivity (Wildman–Crippen MR) is 94.3 cm³/mol. The van der Waals surface area contributed by atoms with Crippen molar-refractivity contribution in [3.63, 3.8) is 0 Å². The number of piperidine rings is 1. The molecule has 0 aromatic heterocycles. The molecule has 4 nitrogen and oxygen atoms in total. The highest BCUT2D eigenvalue weighted by Gasteiger charge is 2.49. The van der Waals surface area contributed by atoms with Gasteiger partial charge in [-0.3, -0.25) is 9.59 Å². The first-order valence-electron chi connectivity index (χ1n) is 9.29. The lowest BCUT2D eigenvalue weighted by Crippen LogP contribution is -2.40.